The summed E-state index contributed by atoms with van der Waals surface area (Å²) in [5, 5.41) is 0. The van der Waals surface area contributed by atoms with Crippen LogP contribution in [0, 0.1) is 0 Å². The Morgan fingerprint density at radius 1 is 1.50 bits per heavy atom. The van der Waals surface area contributed by atoms with Gasteiger partial charge in [-0.1, -0.05) is 37.3 Å². The summed E-state index contributed by atoms with van der Waals surface area (Å²) in [5.41, 5.74) is 7.09. The van der Waals surface area contributed by atoms with E-state index in [9.17, 15) is 0 Å². The lowest BCUT2D eigenvalue weighted by Crippen LogP contribution is -2.31. The molecule has 1 atom stereocenters. The summed E-state index contributed by atoms with van der Waals surface area (Å²) in [6.07, 6.45) is 0.824. The summed E-state index contributed by atoms with van der Waals surface area (Å²) in [6, 6.07) is 8.76. The summed E-state index contributed by atoms with van der Waals surface area (Å²) < 4.78 is 0. The van der Waals surface area contributed by atoms with Crippen LogP contribution < -0.4 is 5.73 Å². The van der Waals surface area contributed by atoms with Crippen molar-refractivity contribution in [2.75, 3.05) is 25.4 Å². The molecule has 0 spiro atoms. The van der Waals surface area contributed by atoms with E-state index in [1.807, 2.05) is 11.8 Å². The number of thiocarbonyl (C=S) groups is 1. The average molecular weight is 280 g/mol. The summed E-state index contributed by atoms with van der Waals surface area (Å²) in [5.74, 6) is 1.85. The Morgan fingerprint density at radius 2 is 2.28 bits per heavy atom. The SMILES string of the molecule is CCN(CCC(N)=S)CC1CSc2ccccc21. The van der Waals surface area contributed by atoms with E-state index in [1.165, 1.54) is 16.2 Å². The first-order valence-corrected chi connectivity index (χ1v) is 7.82. The molecule has 0 bridgehead atoms. The number of hydrogen-bond acceptors (Lipinski definition) is 3. The highest BCUT2D eigenvalue weighted by atomic mass is 32.2. The van der Waals surface area contributed by atoms with Gasteiger partial charge in [0.1, 0.15) is 0 Å². The van der Waals surface area contributed by atoms with Crippen molar-refractivity contribution in [2.24, 2.45) is 5.73 Å². The Balaban J connectivity index is 1.95. The molecule has 1 aromatic carbocycles. The van der Waals surface area contributed by atoms with Crippen molar-refractivity contribution >= 4 is 29.0 Å². The lowest BCUT2D eigenvalue weighted by molar-refractivity contribution is 0.283. The lowest BCUT2D eigenvalue weighted by atomic mass is 10.0. The molecule has 18 heavy (non-hydrogen) atoms. The van der Waals surface area contributed by atoms with Gasteiger partial charge in [0.15, 0.2) is 0 Å². The van der Waals surface area contributed by atoms with Gasteiger partial charge in [-0.3, -0.25) is 0 Å². The number of likely N-dealkylation sites (N-methyl/N-ethyl adjacent to an activating group) is 1. The van der Waals surface area contributed by atoms with Gasteiger partial charge in [0, 0.05) is 36.1 Å². The monoisotopic (exact) mass is 280 g/mol. The van der Waals surface area contributed by atoms with Gasteiger partial charge in [-0.2, -0.15) is 0 Å². The molecule has 2 rings (SSSR count). The van der Waals surface area contributed by atoms with E-state index in [-0.39, 0.29) is 0 Å². The number of rotatable bonds is 6. The van der Waals surface area contributed by atoms with Crippen molar-refractivity contribution in [2.45, 2.75) is 24.2 Å². The van der Waals surface area contributed by atoms with Crippen molar-refractivity contribution in [3.63, 3.8) is 0 Å². The molecule has 4 heteroatoms. The molecule has 1 unspecified atom stereocenters. The molecule has 1 aromatic rings. The lowest BCUT2D eigenvalue weighted by Gasteiger charge is -2.24. The fourth-order valence-corrected chi connectivity index (χ4v) is 3.67. The van der Waals surface area contributed by atoms with Gasteiger partial charge in [0.25, 0.3) is 0 Å². The molecule has 0 saturated carbocycles. The van der Waals surface area contributed by atoms with E-state index in [2.05, 4.69) is 36.1 Å². The number of nitrogens with zero attached hydrogens (tertiary/aromatic N) is 1. The molecule has 2 nitrogen and oxygen atoms in total. The van der Waals surface area contributed by atoms with E-state index in [1.54, 1.807) is 0 Å². The maximum absolute atomic E-state index is 5.58. The third-order valence-electron chi connectivity index (χ3n) is 3.40. The Kier molecular flexibility index (Phi) is 5.03. The zero-order valence-corrected chi connectivity index (χ0v) is 12.4. The second kappa shape index (κ2) is 6.55. The zero-order chi connectivity index (χ0) is 13.0. The molecule has 1 heterocycles. The predicted octanol–water partition coefficient (Wildman–Crippen LogP) is 2.87. The highest BCUT2D eigenvalue weighted by Crippen LogP contribution is 2.39. The Labute approximate surface area is 119 Å². The first-order valence-electron chi connectivity index (χ1n) is 6.43. The van der Waals surface area contributed by atoms with Crippen LogP contribution in [0.15, 0.2) is 29.2 Å². The van der Waals surface area contributed by atoms with E-state index in [0.717, 1.165) is 26.1 Å². The van der Waals surface area contributed by atoms with Crippen LogP contribution in [0.1, 0.15) is 24.8 Å². The molecule has 98 valence electrons. The first kappa shape index (κ1) is 13.8. The van der Waals surface area contributed by atoms with Crippen molar-refractivity contribution in [1.29, 1.82) is 0 Å². The average Bonchev–Trinajstić information content (AvgIpc) is 2.77. The van der Waals surface area contributed by atoms with Gasteiger partial charge in [0.2, 0.25) is 0 Å². The van der Waals surface area contributed by atoms with E-state index >= 15 is 0 Å². The zero-order valence-electron chi connectivity index (χ0n) is 10.8. The smallest absolute Gasteiger partial charge is 0.0740 e. The van der Waals surface area contributed by atoms with Gasteiger partial charge < -0.3 is 10.6 Å². The minimum absolute atomic E-state index is 0.620. The van der Waals surface area contributed by atoms with Gasteiger partial charge >= 0.3 is 0 Å². The van der Waals surface area contributed by atoms with Crippen molar-refractivity contribution < 1.29 is 0 Å². The fourth-order valence-electron chi connectivity index (χ4n) is 2.34. The molecule has 0 aromatic heterocycles. The minimum atomic E-state index is 0.620. The number of hydrogen-bond donors (Lipinski definition) is 1. The van der Waals surface area contributed by atoms with Crippen LogP contribution >= 0.6 is 24.0 Å². The molecule has 0 saturated heterocycles. The van der Waals surface area contributed by atoms with Gasteiger partial charge in [-0.15, -0.1) is 11.8 Å². The van der Waals surface area contributed by atoms with Crippen LogP contribution in [-0.4, -0.2) is 35.3 Å². The highest BCUT2D eigenvalue weighted by molar-refractivity contribution is 7.99. The predicted molar refractivity (Wildman–Crippen MR) is 83.4 cm³/mol. The molecule has 2 N–H and O–H groups in total. The number of thioether (sulfide) groups is 1. The normalized spacial score (nSPS) is 18.0. The van der Waals surface area contributed by atoms with Crippen LogP contribution in [0.25, 0.3) is 0 Å². The van der Waals surface area contributed by atoms with Crippen LogP contribution in [0.2, 0.25) is 0 Å². The van der Waals surface area contributed by atoms with Crippen LogP contribution in [0.5, 0.6) is 0 Å². The van der Waals surface area contributed by atoms with Crippen molar-refractivity contribution in [1.82, 2.24) is 4.90 Å². The van der Waals surface area contributed by atoms with Gasteiger partial charge in [0.05, 0.1) is 4.99 Å². The van der Waals surface area contributed by atoms with Crippen molar-refractivity contribution in [3.05, 3.63) is 29.8 Å². The molecule has 1 aliphatic heterocycles. The summed E-state index contributed by atoms with van der Waals surface area (Å²) in [7, 11) is 0. The molecule has 0 radical (unpaired) electrons. The summed E-state index contributed by atoms with van der Waals surface area (Å²) in [4.78, 5) is 4.52. The Bertz CT molecular complexity index is 420. The maximum atomic E-state index is 5.58. The third kappa shape index (κ3) is 3.46. The van der Waals surface area contributed by atoms with Crippen LogP contribution in [0.3, 0.4) is 0 Å². The summed E-state index contributed by atoms with van der Waals surface area (Å²) >= 11 is 6.93. The van der Waals surface area contributed by atoms with E-state index < -0.39 is 0 Å². The Morgan fingerprint density at radius 3 is 3.00 bits per heavy atom. The number of benzene rings is 1. The second-order valence-corrected chi connectivity index (χ2v) is 6.24. The third-order valence-corrected chi connectivity index (χ3v) is 4.86. The number of fused-ring (bicyclic) bond motifs is 1. The fraction of sp³-hybridized carbons (Fsp3) is 0.500. The summed E-state index contributed by atoms with van der Waals surface area (Å²) in [6.45, 7) is 5.36. The van der Waals surface area contributed by atoms with Gasteiger partial charge in [-0.05, 0) is 18.2 Å². The van der Waals surface area contributed by atoms with E-state index in [4.69, 9.17) is 18.0 Å². The molecular weight excluding hydrogens is 260 g/mol. The van der Waals surface area contributed by atoms with Gasteiger partial charge in [-0.25, -0.2) is 0 Å². The first-order chi connectivity index (χ1) is 8.70. The van der Waals surface area contributed by atoms with E-state index in [0.29, 0.717) is 10.9 Å². The molecule has 1 aliphatic rings. The Hall–Kier alpha value is -0.580. The van der Waals surface area contributed by atoms with Crippen LogP contribution in [-0.2, 0) is 0 Å². The molecule has 0 amide bonds. The second-order valence-electron chi connectivity index (χ2n) is 4.66. The topological polar surface area (TPSA) is 29.3 Å². The maximum Gasteiger partial charge on any atom is 0.0740 e. The molecular formula is C14H20N2S2. The quantitative estimate of drug-likeness (QED) is 0.811. The highest BCUT2D eigenvalue weighted by Gasteiger charge is 2.24. The van der Waals surface area contributed by atoms with Crippen molar-refractivity contribution in [3.8, 4) is 0 Å². The molecule has 0 fully saturated rings. The number of nitrogens with two attached hydrogens (primary N) is 1. The largest absolute Gasteiger partial charge is 0.393 e. The minimum Gasteiger partial charge on any atom is -0.393 e. The van der Waals surface area contributed by atoms with Crippen LogP contribution in [0.4, 0.5) is 0 Å². The standard InChI is InChI=1S/C14H20N2S2/c1-2-16(8-7-14(15)17)9-11-10-18-13-6-4-3-5-12(11)13/h3-6,11H,2,7-10H2,1H3,(H2,15,17). The molecule has 0 aliphatic carbocycles.